The first-order valence-electron chi connectivity index (χ1n) is 6.72. The monoisotopic (exact) mass is 304 g/mol. The van der Waals surface area contributed by atoms with Crippen molar-refractivity contribution < 1.29 is 9.18 Å². The third kappa shape index (κ3) is 2.77. The van der Waals surface area contributed by atoms with Crippen molar-refractivity contribution in [2.45, 2.75) is 6.54 Å². The molecule has 0 radical (unpaired) electrons. The molecule has 0 saturated heterocycles. The van der Waals surface area contributed by atoms with Gasteiger partial charge in [-0.05, 0) is 29.8 Å². The van der Waals surface area contributed by atoms with Crippen molar-refractivity contribution >= 4 is 23.2 Å². The molecule has 1 aliphatic heterocycles. The molecule has 0 aromatic heterocycles. The van der Waals surface area contributed by atoms with Crippen LogP contribution in [0.4, 0.5) is 10.1 Å². The van der Waals surface area contributed by atoms with Gasteiger partial charge in [-0.2, -0.15) is 0 Å². The Balaban J connectivity index is 1.99. The maximum Gasteiger partial charge on any atom is 0.258 e. The fourth-order valence-corrected chi connectivity index (χ4v) is 2.63. The number of amides is 1. The van der Waals surface area contributed by atoms with Gasteiger partial charge in [-0.3, -0.25) is 4.79 Å². The number of para-hydroxylation sites is 1. The second-order valence-electron chi connectivity index (χ2n) is 4.89. The van der Waals surface area contributed by atoms with Gasteiger partial charge in [0.2, 0.25) is 0 Å². The largest absolute Gasteiger partial charge is 0.311 e. The number of benzene rings is 2. The predicted molar refractivity (Wildman–Crippen MR) is 81.2 cm³/mol. The number of nitrogens with zero attached hydrogens (tertiary/aromatic N) is 1. The van der Waals surface area contributed by atoms with E-state index in [1.807, 2.05) is 24.3 Å². The number of rotatable bonds is 1. The van der Waals surface area contributed by atoms with Crippen LogP contribution in [0, 0.1) is 5.82 Å². The van der Waals surface area contributed by atoms with Crippen molar-refractivity contribution in [2.75, 3.05) is 18.0 Å². The number of nitrogens with one attached hydrogen (secondary N) is 1. The maximum absolute atomic E-state index is 13.2. The molecule has 0 unspecified atom stereocenters. The molecule has 1 amide bonds. The zero-order chi connectivity index (χ0) is 14.8. The van der Waals surface area contributed by atoms with E-state index in [1.165, 1.54) is 18.2 Å². The first-order valence-corrected chi connectivity index (χ1v) is 7.10. The molecule has 2 aromatic carbocycles. The Hall–Kier alpha value is -1.91. The van der Waals surface area contributed by atoms with E-state index in [0.717, 1.165) is 17.8 Å². The molecule has 0 saturated carbocycles. The summed E-state index contributed by atoms with van der Waals surface area (Å²) < 4.78 is 13.2. The minimum Gasteiger partial charge on any atom is -0.311 e. The smallest absolute Gasteiger partial charge is 0.258 e. The van der Waals surface area contributed by atoms with Gasteiger partial charge in [-0.25, -0.2) is 4.39 Å². The molecule has 1 heterocycles. The van der Waals surface area contributed by atoms with E-state index in [9.17, 15) is 9.18 Å². The summed E-state index contributed by atoms with van der Waals surface area (Å²) in [7, 11) is 0. The summed E-state index contributed by atoms with van der Waals surface area (Å²) in [4.78, 5) is 14.4. The van der Waals surface area contributed by atoms with Gasteiger partial charge < -0.3 is 10.2 Å². The van der Waals surface area contributed by atoms with Gasteiger partial charge in [0.15, 0.2) is 0 Å². The minimum atomic E-state index is -0.522. The Labute approximate surface area is 127 Å². The molecule has 1 N–H and O–H groups in total. The van der Waals surface area contributed by atoms with E-state index < -0.39 is 5.82 Å². The first kappa shape index (κ1) is 14.0. The van der Waals surface area contributed by atoms with Gasteiger partial charge in [0.1, 0.15) is 5.82 Å². The number of carbonyl (C=O) groups excluding carboxylic acids is 1. The predicted octanol–water partition coefficient (Wildman–Crippen LogP) is 3.23. The molecule has 0 fully saturated rings. The topological polar surface area (TPSA) is 32.3 Å². The number of anilines is 1. The quantitative estimate of drug-likeness (QED) is 0.877. The summed E-state index contributed by atoms with van der Waals surface area (Å²) in [6.45, 7) is 1.99. The Kier molecular flexibility index (Phi) is 3.90. The van der Waals surface area contributed by atoms with Crippen LogP contribution in [-0.2, 0) is 6.54 Å². The summed E-state index contributed by atoms with van der Waals surface area (Å²) in [5, 5.41) is 3.24. The van der Waals surface area contributed by atoms with Crippen LogP contribution in [0.3, 0.4) is 0 Å². The molecule has 3 rings (SSSR count). The van der Waals surface area contributed by atoms with E-state index in [-0.39, 0.29) is 10.9 Å². The Bertz CT molecular complexity index is 690. The summed E-state index contributed by atoms with van der Waals surface area (Å²) >= 11 is 5.77. The number of hydrogen-bond donors (Lipinski definition) is 1. The lowest BCUT2D eigenvalue weighted by molar-refractivity contribution is 0.0987. The van der Waals surface area contributed by atoms with E-state index in [0.29, 0.717) is 18.7 Å². The maximum atomic E-state index is 13.2. The average molecular weight is 305 g/mol. The molecule has 0 bridgehead atoms. The molecule has 21 heavy (non-hydrogen) atoms. The number of halogens is 2. The highest BCUT2D eigenvalue weighted by atomic mass is 35.5. The molecule has 1 aliphatic rings. The van der Waals surface area contributed by atoms with Gasteiger partial charge in [0.25, 0.3) is 5.91 Å². The summed E-state index contributed by atoms with van der Waals surface area (Å²) in [5.41, 5.74) is 2.34. The van der Waals surface area contributed by atoms with Crippen LogP contribution in [0.15, 0.2) is 42.5 Å². The van der Waals surface area contributed by atoms with Gasteiger partial charge in [0.05, 0.1) is 5.02 Å². The highest BCUT2D eigenvalue weighted by Gasteiger charge is 2.22. The van der Waals surface area contributed by atoms with E-state index in [1.54, 1.807) is 4.90 Å². The van der Waals surface area contributed by atoms with Crippen LogP contribution in [0.1, 0.15) is 15.9 Å². The first-order chi connectivity index (χ1) is 10.2. The number of hydrogen-bond acceptors (Lipinski definition) is 2. The van der Waals surface area contributed by atoms with Crippen LogP contribution in [0.2, 0.25) is 5.02 Å². The van der Waals surface area contributed by atoms with E-state index in [4.69, 9.17) is 11.6 Å². The molecule has 0 aliphatic carbocycles. The number of fused-ring (bicyclic) bond motifs is 1. The van der Waals surface area contributed by atoms with Crippen molar-refractivity contribution in [3.8, 4) is 0 Å². The summed E-state index contributed by atoms with van der Waals surface area (Å²) in [6, 6.07) is 11.8. The number of carbonyl (C=O) groups is 1. The van der Waals surface area contributed by atoms with Gasteiger partial charge in [0, 0.05) is 30.9 Å². The van der Waals surface area contributed by atoms with Crippen LogP contribution >= 0.6 is 11.6 Å². The van der Waals surface area contributed by atoms with Crippen LogP contribution in [-0.4, -0.2) is 19.0 Å². The zero-order valence-corrected chi connectivity index (χ0v) is 12.0. The molecule has 108 valence electrons. The van der Waals surface area contributed by atoms with Crippen molar-refractivity contribution in [2.24, 2.45) is 0 Å². The third-order valence-corrected chi connectivity index (χ3v) is 3.81. The van der Waals surface area contributed by atoms with E-state index in [2.05, 4.69) is 5.32 Å². The van der Waals surface area contributed by atoms with Crippen molar-refractivity contribution in [1.82, 2.24) is 5.32 Å². The fourth-order valence-electron chi connectivity index (χ4n) is 2.45. The Morgan fingerprint density at radius 3 is 2.86 bits per heavy atom. The highest BCUT2D eigenvalue weighted by Crippen LogP contribution is 2.25. The lowest BCUT2D eigenvalue weighted by Crippen LogP contribution is -2.34. The van der Waals surface area contributed by atoms with Crippen LogP contribution in [0.5, 0.6) is 0 Å². The molecular weight excluding hydrogens is 291 g/mol. The van der Waals surface area contributed by atoms with Crippen molar-refractivity contribution in [1.29, 1.82) is 0 Å². The average Bonchev–Trinajstić information content (AvgIpc) is 2.71. The third-order valence-electron chi connectivity index (χ3n) is 3.52. The van der Waals surface area contributed by atoms with E-state index >= 15 is 0 Å². The van der Waals surface area contributed by atoms with Crippen LogP contribution < -0.4 is 10.2 Å². The second-order valence-corrected chi connectivity index (χ2v) is 5.30. The highest BCUT2D eigenvalue weighted by molar-refractivity contribution is 6.31. The van der Waals surface area contributed by atoms with Crippen molar-refractivity contribution in [3.63, 3.8) is 0 Å². The molecule has 3 nitrogen and oxygen atoms in total. The van der Waals surface area contributed by atoms with Gasteiger partial charge >= 0.3 is 0 Å². The zero-order valence-electron chi connectivity index (χ0n) is 11.3. The molecule has 0 spiro atoms. The van der Waals surface area contributed by atoms with Crippen LogP contribution in [0.25, 0.3) is 0 Å². The molecule has 0 atom stereocenters. The molecular formula is C16H14ClFN2O. The Morgan fingerprint density at radius 1 is 1.24 bits per heavy atom. The van der Waals surface area contributed by atoms with Gasteiger partial charge in [-0.15, -0.1) is 0 Å². The lowest BCUT2D eigenvalue weighted by atomic mass is 10.1. The second kappa shape index (κ2) is 5.84. The fraction of sp³-hybridized carbons (Fsp3) is 0.188. The lowest BCUT2D eigenvalue weighted by Gasteiger charge is -2.22. The van der Waals surface area contributed by atoms with Crippen molar-refractivity contribution in [3.05, 3.63) is 64.4 Å². The Morgan fingerprint density at radius 2 is 2.05 bits per heavy atom. The normalized spacial score (nSPS) is 14.5. The minimum absolute atomic E-state index is 0.0397. The SMILES string of the molecule is O=C(c1ccc(F)c(Cl)c1)N1CCNCc2ccccc21. The summed E-state index contributed by atoms with van der Waals surface area (Å²) in [5.74, 6) is -0.695. The summed E-state index contributed by atoms with van der Waals surface area (Å²) in [6.07, 6.45) is 0. The molecule has 2 aromatic rings. The standard InChI is InChI=1S/C16H14ClFN2O/c17-13-9-11(5-6-14(13)18)16(21)20-8-7-19-10-12-3-1-2-4-15(12)20/h1-6,9,19H,7-8,10H2. The molecule has 5 heteroatoms. The van der Waals surface area contributed by atoms with Gasteiger partial charge in [-0.1, -0.05) is 29.8 Å².